The van der Waals surface area contributed by atoms with E-state index in [9.17, 15) is 41.1 Å². The average Bonchev–Trinajstić information content (AvgIpc) is 2.99. The van der Waals surface area contributed by atoms with Crippen LogP contribution in [0.1, 0.15) is 31.1 Å². The minimum absolute atomic E-state index is 0.0287. The second kappa shape index (κ2) is 13.3. The Morgan fingerprint density at radius 3 is 1.56 bits per heavy atom. The third-order valence-corrected chi connectivity index (χ3v) is 7.07. The minimum Gasteiger partial charge on any atom is -0.459 e. The molecule has 1 heterocycles. The van der Waals surface area contributed by atoms with Gasteiger partial charge in [-0.1, -0.05) is 54.6 Å². The maximum atomic E-state index is 13.4. The Morgan fingerprint density at radius 1 is 0.698 bits per heavy atom. The van der Waals surface area contributed by atoms with Crippen molar-refractivity contribution in [1.82, 2.24) is 0 Å². The van der Waals surface area contributed by atoms with Crippen LogP contribution in [0.5, 0.6) is 0 Å². The predicted octanol–water partition coefficient (Wildman–Crippen LogP) is 3.25. The summed E-state index contributed by atoms with van der Waals surface area (Å²) in [6.07, 6.45) is -10.9. The van der Waals surface area contributed by atoms with E-state index in [1.54, 1.807) is 18.2 Å². The second-order valence-electron chi connectivity index (χ2n) is 8.96. The van der Waals surface area contributed by atoms with Crippen LogP contribution in [0.2, 0.25) is 0 Å². The lowest BCUT2D eigenvalue weighted by atomic mass is 9.98. The number of benzene rings is 3. The highest BCUT2D eigenvalue weighted by molar-refractivity contribution is 7.87. The second-order valence-corrected chi connectivity index (χ2v) is 10.5. The van der Waals surface area contributed by atoms with Crippen molar-refractivity contribution in [3.05, 3.63) is 108 Å². The lowest BCUT2D eigenvalue weighted by molar-refractivity contribution is -0.280. The number of rotatable bonds is 9. The summed E-state index contributed by atoms with van der Waals surface area (Å²) in [5, 5.41) is 10.8. The molecule has 3 aromatic rings. The summed E-state index contributed by atoms with van der Waals surface area (Å²) in [6.45, 7) is -0.971. The highest BCUT2D eigenvalue weighted by Gasteiger charge is 2.57. The lowest BCUT2D eigenvalue weighted by Crippen LogP contribution is -2.63. The van der Waals surface area contributed by atoms with E-state index in [2.05, 4.69) is 4.18 Å². The van der Waals surface area contributed by atoms with Crippen LogP contribution in [0.25, 0.3) is 0 Å². The fraction of sp³-hybridized carbons (Fsp3) is 0.250. The molecule has 1 aliphatic heterocycles. The molecule has 1 fully saturated rings. The number of esters is 3. The van der Waals surface area contributed by atoms with Gasteiger partial charge < -0.3 is 24.1 Å². The molecule has 15 heteroatoms. The van der Waals surface area contributed by atoms with Crippen molar-refractivity contribution in [2.45, 2.75) is 36.2 Å². The third-order valence-electron chi connectivity index (χ3n) is 6.02. The number of hydrogen-bond acceptors (Lipinski definition) is 11. The predicted molar refractivity (Wildman–Crippen MR) is 139 cm³/mol. The number of aliphatic hydroxyl groups is 1. The van der Waals surface area contributed by atoms with Crippen molar-refractivity contribution >= 4 is 28.0 Å². The molecule has 0 aliphatic carbocycles. The summed E-state index contributed by atoms with van der Waals surface area (Å²) in [4.78, 5) is 38.3. The molecule has 43 heavy (non-hydrogen) atoms. The maximum Gasteiger partial charge on any atom is 0.523 e. The summed E-state index contributed by atoms with van der Waals surface area (Å²) < 4.78 is 90.0. The van der Waals surface area contributed by atoms with Gasteiger partial charge in [-0.3, -0.25) is 4.18 Å². The molecule has 0 bridgehead atoms. The summed E-state index contributed by atoms with van der Waals surface area (Å²) in [5.74, 6) is -3.30. The molecule has 0 spiro atoms. The fourth-order valence-electron chi connectivity index (χ4n) is 3.95. The van der Waals surface area contributed by atoms with Gasteiger partial charge in [-0.25, -0.2) is 14.4 Å². The van der Waals surface area contributed by atoms with Crippen LogP contribution in [0.4, 0.5) is 13.2 Å². The molecule has 1 N–H and O–H groups in total. The molecule has 1 aliphatic rings. The van der Waals surface area contributed by atoms with E-state index in [0.29, 0.717) is 0 Å². The molecule has 0 amide bonds. The quantitative estimate of drug-likeness (QED) is 0.162. The minimum atomic E-state index is -6.41. The average molecular weight is 625 g/mol. The third kappa shape index (κ3) is 7.75. The van der Waals surface area contributed by atoms with Gasteiger partial charge in [0.2, 0.25) is 0 Å². The van der Waals surface area contributed by atoms with Crippen LogP contribution in [-0.4, -0.2) is 74.3 Å². The Kier molecular flexibility index (Phi) is 9.80. The fourth-order valence-corrected chi connectivity index (χ4v) is 4.59. The van der Waals surface area contributed by atoms with E-state index in [0.717, 1.165) is 0 Å². The van der Waals surface area contributed by atoms with E-state index in [1.807, 2.05) is 0 Å². The summed E-state index contributed by atoms with van der Waals surface area (Å²) in [5.41, 5.74) is -6.11. The van der Waals surface area contributed by atoms with Crippen molar-refractivity contribution < 1.29 is 64.2 Å². The monoisotopic (exact) mass is 624 g/mol. The molecular weight excluding hydrogens is 601 g/mol. The Balaban J connectivity index is 1.71. The van der Waals surface area contributed by atoms with Crippen LogP contribution in [0.3, 0.4) is 0 Å². The summed E-state index contributed by atoms with van der Waals surface area (Å²) in [6, 6.07) is 21.5. The van der Waals surface area contributed by atoms with Crippen molar-refractivity contribution in [3.63, 3.8) is 0 Å². The van der Waals surface area contributed by atoms with E-state index >= 15 is 0 Å². The molecule has 5 atom stereocenters. The Hall–Kier alpha value is -4.31. The van der Waals surface area contributed by atoms with Gasteiger partial charge in [0.25, 0.3) is 0 Å². The molecule has 3 aromatic carbocycles. The first-order valence-electron chi connectivity index (χ1n) is 12.4. The number of halogens is 3. The van der Waals surface area contributed by atoms with Gasteiger partial charge >= 0.3 is 33.5 Å². The van der Waals surface area contributed by atoms with Gasteiger partial charge in [0.1, 0.15) is 18.8 Å². The smallest absolute Gasteiger partial charge is 0.459 e. The molecule has 0 aromatic heterocycles. The van der Waals surface area contributed by atoms with Crippen LogP contribution in [-0.2, 0) is 33.2 Å². The highest BCUT2D eigenvalue weighted by atomic mass is 32.2. The standard InChI is InChI=1S/C28H23F3O11S/c29-28(30,31)43(36,37)42-21-20(16-38-24(32)17-10-4-1-5-11-17)39-27(35)23(41-26(34)19-14-8-3-9-15-19)22(21)40-25(33)18-12-6-2-7-13-18/h1-15,20-23,27,35H,16H2/t20-,21-,22+,23-,27+/m1/s1. The summed E-state index contributed by atoms with van der Waals surface area (Å²) in [7, 11) is -6.41. The van der Waals surface area contributed by atoms with Crippen LogP contribution >= 0.6 is 0 Å². The van der Waals surface area contributed by atoms with Gasteiger partial charge in [0.15, 0.2) is 18.5 Å². The Labute approximate surface area is 242 Å². The first-order valence-corrected chi connectivity index (χ1v) is 13.9. The first kappa shape index (κ1) is 31.6. The highest BCUT2D eigenvalue weighted by Crippen LogP contribution is 2.34. The number of alkyl halides is 3. The zero-order chi connectivity index (χ0) is 31.2. The number of aliphatic hydroxyl groups excluding tert-OH is 1. The molecule has 0 unspecified atom stereocenters. The molecule has 1 saturated heterocycles. The van der Waals surface area contributed by atoms with Gasteiger partial charge in [-0.2, -0.15) is 21.6 Å². The van der Waals surface area contributed by atoms with Gasteiger partial charge in [0.05, 0.1) is 16.7 Å². The zero-order valence-electron chi connectivity index (χ0n) is 21.8. The van der Waals surface area contributed by atoms with Crippen molar-refractivity contribution in [3.8, 4) is 0 Å². The maximum absolute atomic E-state index is 13.4. The Bertz CT molecular complexity index is 1520. The molecular formula is C28H23F3O11S. The van der Waals surface area contributed by atoms with E-state index < -0.39 is 70.8 Å². The van der Waals surface area contributed by atoms with Crippen molar-refractivity contribution in [2.24, 2.45) is 0 Å². The number of hydrogen-bond donors (Lipinski definition) is 1. The van der Waals surface area contributed by atoms with Crippen LogP contribution in [0, 0.1) is 0 Å². The number of ether oxygens (including phenoxy) is 4. The normalized spacial score (nSPS) is 22.3. The van der Waals surface area contributed by atoms with Crippen molar-refractivity contribution in [2.75, 3.05) is 6.61 Å². The van der Waals surface area contributed by atoms with E-state index in [4.69, 9.17) is 18.9 Å². The van der Waals surface area contributed by atoms with Gasteiger partial charge in [-0.05, 0) is 36.4 Å². The van der Waals surface area contributed by atoms with Crippen molar-refractivity contribution in [1.29, 1.82) is 0 Å². The molecule has 228 valence electrons. The summed E-state index contributed by atoms with van der Waals surface area (Å²) >= 11 is 0. The molecule has 4 rings (SSSR count). The van der Waals surface area contributed by atoms with E-state index in [1.165, 1.54) is 72.8 Å². The van der Waals surface area contributed by atoms with Gasteiger partial charge in [-0.15, -0.1) is 0 Å². The SMILES string of the molecule is O=C(OC[C@H]1O[C@H](O)[C@H](OC(=O)c2ccccc2)[C@@H](OC(=O)c2ccccc2)[C@@H]1OS(=O)(=O)C(F)(F)F)c1ccccc1. The zero-order valence-corrected chi connectivity index (χ0v) is 22.6. The number of carbonyl (C=O) groups excluding carboxylic acids is 3. The first-order chi connectivity index (χ1) is 20.4. The molecule has 0 saturated carbocycles. The Morgan fingerprint density at radius 2 is 1.12 bits per heavy atom. The van der Waals surface area contributed by atoms with Gasteiger partial charge in [0, 0.05) is 0 Å². The topological polar surface area (TPSA) is 152 Å². The lowest BCUT2D eigenvalue weighted by Gasteiger charge is -2.42. The van der Waals surface area contributed by atoms with Crippen LogP contribution < -0.4 is 0 Å². The van der Waals surface area contributed by atoms with E-state index in [-0.39, 0.29) is 16.7 Å². The largest absolute Gasteiger partial charge is 0.523 e. The number of carbonyl (C=O) groups is 3. The van der Waals surface area contributed by atoms with Crippen LogP contribution in [0.15, 0.2) is 91.0 Å². The molecule has 0 radical (unpaired) electrons. The molecule has 11 nitrogen and oxygen atoms in total.